The number of anilines is 1. The molecule has 1 aliphatic carbocycles. The van der Waals surface area contributed by atoms with Crippen molar-refractivity contribution in [3.8, 4) is 0 Å². The number of hydrogen-bond acceptors (Lipinski definition) is 3. The van der Waals surface area contributed by atoms with Crippen LogP contribution in [0, 0.1) is 0 Å². The van der Waals surface area contributed by atoms with Crippen molar-refractivity contribution in [2.24, 2.45) is 0 Å². The van der Waals surface area contributed by atoms with E-state index in [1.807, 2.05) is 0 Å². The van der Waals surface area contributed by atoms with E-state index in [1.54, 1.807) is 0 Å². The lowest BCUT2D eigenvalue weighted by molar-refractivity contribution is 0.908. The molecule has 64 valence electrons. The number of aromatic nitrogens is 2. The van der Waals surface area contributed by atoms with E-state index in [0.29, 0.717) is 10.4 Å². The van der Waals surface area contributed by atoms with Crippen molar-refractivity contribution in [2.45, 2.75) is 18.8 Å². The van der Waals surface area contributed by atoms with Gasteiger partial charge in [-0.25, -0.2) is 4.98 Å². The number of aromatic amines is 1. The molecule has 4 nitrogen and oxygen atoms in total. The Kier molecular flexibility index (Phi) is 1.68. The molecule has 0 radical (unpaired) electrons. The van der Waals surface area contributed by atoms with Gasteiger partial charge in [-0.3, -0.25) is 4.79 Å². The minimum absolute atomic E-state index is 0.190. The Morgan fingerprint density at radius 2 is 2.25 bits per heavy atom. The molecule has 1 aromatic heterocycles. The summed E-state index contributed by atoms with van der Waals surface area (Å²) in [6.45, 7) is 0. The number of rotatable bonds is 1. The Labute approximate surface area is 77.3 Å². The van der Waals surface area contributed by atoms with Crippen LogP contribution in [-0.2, 0) is 0 Å². The highest BCUT2D eigenvalue weighted by molar-refractivity contribution is 9.10. The molecule has 0 bridgehead atoms. The summed E-state index contributed by atoms with van der Waals surface area (Å²) in [5.41, 5.74) is 5.32. The first-order valence-corrected chi connectivity index (χ1v) is 4.53. The largest absolute Gasteiger partial charge is 0.383 e. The van der Waals surface area contributed by atoms with Gasteiger partial charge in [0.1, 0.15) is 16.1 Å². The summed E-state index contributed by atoms with van der Waals surface area (Å²) in [4.78, 5) is 17.9. The molecule has 3 N–H and O–H groups in total. The molecule has 0 saturated heterocycles. The molecule has 1 aliphatic rings. The fraction of sp³-hybridized carbons (Fsp3) is 0.429. The summed E-state index contributed by atoms with van der Waals surface area (Å²) in [5, 5.41) is 0. The summed E-state index contributed by atoms with van der Waals surface area (Å²) in [6, 6.07) is 0. The maximum atomic E-state index is 11.2. The van der Waals surface area contributed by atoms with Gasteiger partial charge in [-0.1, -0.05) is 0 Å². The summed E-state index contributed by atoms with van der Waals surface area (Å²) in [5.74, 6) is 1.43. The molecule has 0 aliphatic heterocycles. The van der Waals surface area contributed by atoms with Gasteiger partial charge in [-0.2, -0.15) is 0 Å². The summed E-state index contributed by atoms with van der Waals surface area (Å²) >= 11 is 3.05. The van der Waals surface area contributed by atoms with Gasteiger partial charge < -0.3 is 10.7 Å². The summed E-state index contributed by atoms with van der Waals surface area (Å²) < 4.78 is 0.326. The highest BCUT2D eigenvalue weighted by Crippen LogP contribution is 2.37. The molecule has 0 aromatic carbocycles. The summed E-state index contributed by atoms with van der Waals surface area (Å²) in [7, 11) is 0. The van der Waals surface area contributed by atoms with Crippen LogP contribution in [0.3, 0.4) is 0 Å². The van der Waals surface area contributed by atoms with Crippen LogP contribution in [0.1, 0.15) is 24.6 Å². The van der Waals surface area contributed by atoms with Gasteiger partial charge in [0, 0.05) is 5.92 Å². The van der Waals surface area contributed by atoms with Crippen LogP contribution in [-0.4, -0.2) is 9.97 Å². The molecule has 0 atom stereocenters. The van der Waals surface area contributed by atoms with Crippen molar-refractivity contribution >= 4 is 21.7 Å². The average Bonchev–Trinajstić information content (AvgIpc) is 2.81. The van der Waals surface area contributed by atoms with Crippen molar-refractivity contribution in [1.29, 1.82) is 0 Å². The smallest absolute Gasteiger partial charge is 0.267 e. The monoisotopic (exact) mass is 229 g/mol. The van der Waals surface area contributed by atoms with Crippen LogP contribution >= 0.6 is 15.9 Å². The van der Waals surface area contributed by atoms with Crippen molar-refractivity contribution < 1.29 is 0 Å². The zero-order valence-electron chi connectivity index (χ0n) is 6.30. The zero-order valence-corrected chi connectivity index (χ0v) is 7.89. The quantitative estimate of drug-likeness (QED) is 0.755. The lowest BCUT2D eigenvalue weighted by atomic mass is 10.4. The second-order valence-corrected chi connectivity index (χ2v) is 3.72. The molecule has 0 unspecified atom stereocenters. The van der Waals surface area contributed by atoms with Crippen molar-refractivity contribution in [2.75, 3.05) is 5.73 Å². The highest BCUT2D eigenvalue weighted by Gasteiger charge is 2.26. The summed E-state index contributed by atoms with van der Waals surface area (Å²) in [6.07, 6.45) is 2.20. The number of hydrogen-bond donors (Lipinski definition) is 2. The zero-order chi connectivity index (χ0) is 8.72. The average molecular weight is 230 g/mol. The number of nitrogens with zero attached hydrogens (tertiary/aromatic N) is 1. The predicted molar refractivity (Wildman–Crippen MR) is 48.9 cm³/mol. The van der Waals surface area contributed by atoms with E-state index in [2.05, 4.69) is 25.9 Å². The first kappa shape index (κ1) is 7.79. The number of nitrogens with two attached hydrogens (primary N) is 1. The predicted octanol–water partition coefficient (Wildman–Crippen LogP) is 0.992. The molecular formula is C7H8BrN3O. The fourth-order valence-corrected chi connectivity index (χ4v) is 1.23. The van der Waals surface area contributed by atoms with Crippen LogP contribution in [0.15, 0.2) is 9.27 Å². The topological polar surface area (TPSA) is 71.8 Å². The van der Waals surface area contributed by atoms with Crippen molar-refractivity contribution in [3.63, 3.8) is 0 Å². The molecule has 0 spiro atoms. The van der Waals surface area contributed by atoms with Crippen LogP contribution in [0.5, 0.6) is 0 Å². The number of halogens is 1. The maximum absolute atomic E-state index is 11.2. The third-order valence-electron chi connectivity index (χ3n) is 1.87. The lowest BCUT2D eigenvalue weighted by Crippen LogP contribution is -2.14. The van der Waals surface area contributed by atoms with E-state index >= 15 is 0 Å². The third kappa shape index (κ3) is 1.24. The molecular weight excluding hydrogens is 222 g/mol. The molecule has 1 saturated carbocycles. The minimum atomic E-state index is -0.190. The molecule has 1 aromatic rings. The number of nitrogens with one attached hydrogen (secondary N) is 1. The molecule has 2 rings (SSSR count). The van der Waals surface area contributed by atoms with Gasteiger partial charge in [-0.15, -0.1) is 0 Å². The van der Waals surface area contributed by atoms with E-state index in [-0.39, 0.29) is 11.4 Å². The van der Waals surface area contributed by atoms with E-state index < -0.39 is 0 Å². The fourth-order valence-electron chi connectivity index (χ4n) is 1.04. The van der Waals surface area contributed by atoms with Crippen LogP contribution in [0.4, 0.5) is 5.82 Å². The van der Waals surface area contributed by atoms with Gasteiger partial charge >= 0.3 is 0 Å². The minimum Gasteiger partial charge on any atom is -0.383 e. The molecule has 1 heterocycles. The van der Waals surface area contributed by atoms with Gasteiger partial charge in [0.05, 0.1) is 0 Å². The standard InChI is InChI=1S/C7H8BrN3O/c8-4-5(9)10-6(3-1-2-3)11-7(4)12/h3H,1-2H2,(H3,9,10,11,12). The van der Waals surface area contributed by atoms with E-state index in [4.69, 9.17) is 5.73 Å². The Bertz CT molecular complexity index is 369. The third-order valence-corrected chi connectivity index (χ3v) is 2.64. The van der Waals surface area contributed by atoms with Crippen LogP contribution < -0.4 is 11.3 Å². The van der Waals surface area contributed by atoms with E-state index in [0.717, 1.165) is 18.7 Å². The normalized spacial score (nSPS) is 16.4. The molecule has 0 amide bonds. The van der Waals surface area contributed by atoms with Crippen LogP contribution in [0.2, 0.25) is 0 Å². The highest BCUT2D eigenvalue weighted by atomic mass is 79.9. The Hall–Kier alpha value is -0.840. The Morgan fingerprint density at radius 3 is 2.75 bits per heavy atom. The van der Waals surface area contributed by atoms with E-state index in [1.165, 1.54) is 0 Å². The first-order chi connectivity index (χ1) is 5.68. The second-order valence-electron chi connectivity index (χ2n) is 2.92. The Morgan fingerprint density at radius 1 is 1.58 bits per heavy atom. The first-order valence-electron chi connectivity index (χ1n) is 3.73. The van der Waals surface area contributed by atoms with Gasteiger partial charge in [0.25, 0.3) is 5.56 Å². The molecule has 12 heavy (non-hydrogen) atoms. The number of nitrogen functional groups attached to an aromatic ring is 1. The van der Waals surface area contributed by atoms with Crippen molar-refractivity contribution in [1.82, 2.24) is 9.97 Å². The number of H-pyrrole nitrogens is 1. The second kappa shape index (κ2) is 2.58. The molecule has 1 fully saturated rings. The lowest BCUT2D eigenvalue weighted by Gasteiger charge is -1.99. The van der Waals surface area contributed by atoms with Crippen molar-refractivity contribution in [3.05, 3.63) is 20.7 Å². The van der Waals surface area contributed by atoms with E-state index in [9.17, 15) is 4.79 Å². The van der Waals surface area contributed by atoms with Gasteiger partial charge in [0.15, 0.2) is 0 Å². The molecule has 5 heteroatoms. The Balaban J connectivity index is 2.53. The maximum Gasteiger partial charge on any atom is 0.267 e. The van der Waals surface area contributed by atoms with Gasteiger partial charge in [-0.05, 0) is 28.8 Å². The van der Waals surface area contributed by atoms with Crippen LogP contribution in [0.25, 0.3) is 0 Å². The SMILES string of the molecule is Nc1nc(C2CC2)[nH]c(=O)c1Br. The van der Waals surface area contributed by atoms with Gasteiger partial charge in [0.2, 0.25) is 0 Å².